The molecule has 0 atom stereocenters. The molecule has 1 heterocycles. The smallest absolute Gasteiger partial charge is 0.220 e. The number of aryl methyl sites for hydroxylation is 1. The number of likely N-dealkylation sites (tertiary alicyclic amines) is 1. The van der Waals surface area contributed by atoms with Crippen LogP contribution in [0.15, 0.2) is 24.3 Å². The van der Waals surface area contributed by atoms with Gasteiger partial charge in [-0.25, -0.2) is 0 Å². The molecular weight excluding hydrogens is 274 g/mol. The minimum Gasteiger partial charge on any atom is -0.399 e. The van der Waals surface area contributed by atoms with Crippen molar-refractivity contribution in [2.24, 2.45) is 5.92 Å². The third-order valence-corrected chi connectivity index (χ3v) is 4.51. The number of para-hydroxylation sites is 1. The van der Waals surface area contributed by atoms with Crippen LogP contribution >= 0.6 is 0 Å². The lowest BCUT2D eigenvalue weighted by atomic mass is 9.96. The Bertz CT molecular complexity index is 467. The molecule has 4 nitrogen and oxygen atoms in total. The topological polar surface area (TPSA) is 58.4 Å². The van der Waals surface area contributed by atoms with Gasteiger partial charge in [0.15, 0.2) is 0 Å². The average Bonchev–Trinajstić information content (AvgIpc) is 2.54. The molecule has 0 unspecified atom stereocenters. The number of carbonyl (C=O) groups is 1. The fraction of sp³-hybridized carbons (Fsp3) is 0.611. The predicted octanol–water partition coefficient (Wildman–Crippen LogP) is 2.44. The van der Waals surface area contributed by atoms with E-state index in [1.807, 2.05) is 24.3 Å². The van der Waals surface area contributed by atoms with Gasteiger partial charge in [-0.2, -0.15) is 0 Å². The van der Waals surface area contributed by atoms with Crippen LogP contribution in [0.2, 0.25) is 0 Å². The fourth-order valence-corrected chi connectivity index (χ4v) is 3.09. The summed E-state index contributed by atoms with van der Waals surface area (Å²) in [5.74, 6) is 0.776. The molecule has 4 heteroatoms. The molecule has 122 valence electrons. The molecule has 2 rings (SSSR count). The fourth-order valence-electron chi connectivity index (χ4n) is 3.09. The maximum Gasteiger partial charge on any atom is 0.220 e. The van der Waals surface area contributed by atoms with Gasteiger partial charge in [0.05, 0.1) is 0 Å². The number of benzene rings is 1. The summed E-state index contributed by atoms with van der Waals surface area (Å²) < 4.78 is 0. The number of nitrogens with two attached hydrogens (primary N) is 1. The molecule has 0 aliphatic carbocycles. The molecule has 0 radical (unpaired) electrons. The number of carbonyl (C=O) groups excluding carboxylic acids is 1. The normalized spacial score (nSPS) is 16.6. The van der Waals surface area contributed by atoms with Gasteiger partial charge in [-0.15, -0.1) is 0 Å². The van der Waals surface area contributed by atoms with Gasteiger partial charge in [0.1, 0.15) is 0 Å². The monoisotopic (exact) mass is 303 g/mol. The van der Waals surface area contributed by atoms with Crippen molar-refractivity contribution in [2.75, 3.05) is 31.9 Å². The first-order chi connectivity index (χ1) is 10.7. The zero-order valence-electron chi connectivity index (χ0n) is 13.7. The van der Waals surface area contributed by atoms with Crippen molar-refractivity contribution in [2.45, 2.75) is 39.0 Å². The van der Waals surface area contributed by atoms with E-state index in [1.165, 1.54) is 38.9 Å². The summed E-state index contributed by atoms with van der Waals surface area (Å²) in [6, 6.07) is 7.76. The summed E-state index contributed by atoms with van der Waals surface area (Å²) in [5.41, 5.74) is 7.74. The minimum atomic E-state index is 0.138. The molecule has 22 heavy (non-hydrogen) atoms. The number of nitrogens with zero attached hydrogens (tertiary/aromatic N) is 1. The molecule has 0 bridgehead atoms. The van der Waals surface area contributed by atoms with Crippen LogP contribution in [0.25, 0.3) is 0 Å². The lowest BCUT2D eigenvalue weighted by Crippen LogP contribution is -2.38. The van der Waals surface area contributed by atoms with Gasteiger partial charge >= 0.3 is 0 Å². The maximum absolute atomic E-state index is 12.0. The summed E-state index contributed by atoms with van der Waals surface area (Å²) >= 11 is 0. The molecule has 0 saturated carbocycles. The van der Waals surface area contributed by atoms with Gasteiger partial charge in [0.2, 0.25) is 5.91 Å². The molecule has 1 fully saturated rings. The van der Waals surface area contributed by atoms with Crippen molar-refractivity contribution in [1.82, 2.24) is 10.2 Å². The van der Waals surface area contributed by atoms with Gasteiger partial charge < -0.3 is 16.0 Å². The number of nitrogen functional groups attached to an aromatic ring is 1. The Morgan fingerprint density at radius 1 is 1.32 bits per heavy atom. The van der Waals surface area contributed by atoms with E-state index in [-0.39, 0.29) is 5.91 Å². The number of piperidine rings is 1. The van der Waals surface area contributed by atoms with E-state index < -0.39 is 0 Å². The molecule has 1 saturated heterocycles. The highest BCUT2D eigenvalue weighted by Gasteiger charge is 2.18. The molecule has 1 aromatic carbocycles. The highest BCUT2D eigenvalue weighted by Crippen LogP contribution is 2.17. The second kappa shape index (κ2) is 8.79. The standard InChI is InChI=1S/C18H29N3O/c1-2-11-21-12-9-15(10-13-21)14-20-18(22)8-7-16-5-3-4-6-17(16)19/h3-6,15H,2,7-14,19H2,1H3,(H,20,22). The molecule has 0 spiro atoms. The molecule has 0 aromatic heterocycles. The number of hydrogen-bond acceptors (Lipinski definition) is 3. The van der Waals surface area contributed by atoms with Gasteiger partial charge in [0, 0.05) is 18.7 Å². The van der Waals surface area contributed by atoms with Gasteiger partial charge in [-0.1, -0.05) is 25.1 Å². The molecule has 3 N–H and O–H groups in total. The van der Waals surface area contributed by atoms with Gasteiger partial charge in [-0.3, -0.25) is 4.79 Å². The zero-order valence-corrected chi connectivity index (χ0v) is 13.7. The summed E-state index contributed by atoms with van der Waals surface area (Å²) in [6.45, 7) is 6.61. The van der Waals surface area contributed by atoms with Crippen molar-refractivity contribution in [1.29, 1.82) is 0 Å². The second-order valence-corrected chi connectivity index (χ2v) is 6.29. The quantitative estimate of drug-likeness (QED) is 0.761. The van der Waals surface area contributed by atoms with Crippen LogP contribution in [0.1, 0.15) is 38.2 Å². The SMILES string of the molecule is CCCN1CCC(CNC(=O)CCc2ccccc2N)CC1. The van der Waals surface area contributed by atoms with Gasteiger partial charge in [0.25, 0.3) is 0 Å². The van der Waals surface area contributed by atoms with E-state index in [9.17, 15) is 4.79 Å². The lowest BCUT2D eigenvalue weighted by Gasteiger charge is -2.31. The Labute approximate surface area is 134 Å². The summed E-state index contributed by atoms with van der Waals surface area (Å²) in [5, 5.41) is 3.09. The van der Waals surface area contributed by atoms with E-state index >= 15 is 0 Å². The largest absolute Gasteiger partial charge is 0.399 e. The highest BCUT2D eigenvalue weighted by atomic mass is 16.1. The van der Waals surface area contributed by atoms with Crippen LogP contribution in [0.3, 0.4) is 0 Å². The predicted molar refractivity (Wildman–Crippen MR) is 91.6 cm³/mol. The van der Waals surface area contributed by atoms with E-state index in [0.29, 0.717) is 18.8 Å². The number of rotatable bonds is 7. The van der Waals surface area contributed by atoms with E-state index in [4.69, 9.17) is 5.73 Å². The molecule has 1 aliphatic heterocycles. The number of anilines is 1. The van der Waals surface area contributed by atoms with Crippen molar-refractivity contribution < 1.29 is 4.79 Å². The minimum absolute atomic E-state index is 0.138. The van der Waals surface area contributed by atoms with Crippen LogP contribution in [0, 0.1) is 5.92 Å². The van der Waals surface area contributed by atoms with Gasteiger partial charge in [-0.05, 0) is 62.9 Å². The first-order valence-corrected chi connectivity index (χ1v) is 8.51. The number of nitrogens with one attached hydrogen (secondary N) is 1. The third kappa shape index (κ3) is 5.34. The Balaban J connectivity index is 1.63. The molecule has 1 aromatic rings. The Morgan fingerprint density at radius 2 is 2.05 bits per heavy atom. The first kappa shape index (κ1) is 16.8. The summed E-state index contributed by atoms with van der Waals surface area (Å²) in [6.07, 6.45) is 4.86. The average molecular weight is 303 g/mol. The van der Waals surface area contributed by atoms with Crippen LogP contribution in [0.5, 0.6) is 0 Å². The van der Waals surface area contributed by atoms with Crippen molar-refractivity contribution >= 4 is 11.6 Å². The van der Waals surface area contributed by atoms with Crippen LogP contribution in [-0.4, -0.2) is 37.0 Å². The van der Waals surface area contributed by atoms with Crippen molar-refractivity contribution in [3.8, 4) is 0 Å². The molecule has 1 aliphatic rings. The Hall–Kier alpha value is -1.55. The van der Waals surface area contributed by atoms with Crippen LogP contribution in [0.4, 0.5) is 5.69 Å². The maximum atomic E-state index is 12.0. The second-order valence-electron chi connectivity index (χ2n) is 6.29. The summed E-state index contributed by atoms with van der Waals surface area (Å²) in [7, 11) is 0. The van der Waals surface area contributed by atoms with E-state index in [2.05, 4.69) is 17.1 Å². The zero-order chi connectivity index (χ0) is 15.8. The molecular formula is C18H29N3O. The third-order valence-electron chi connectivity index (χ3n) is 4.51. The lowest BCUT2D eigenvalue weighted by molar-refractivity contribution is -0.121. The number of amides is 1. The van der Waals surface area contributed by atoms with E-state index in [0.717, 1.165) is 17.8 Å². The Morgan fingerprint density at radius 3 is 2.73 bits per heavy atom. The highest BCUT2D eigenvalue weighted by molar-refractivity contribution is 5.76. The summed E-state index contributed by atoms with van der Waals surface area (Å²) in [4.78, 5) is 14.5. The molecule has 1 amide bonds. The Kier molecular flexibility index (Phi) is 6.72. The number of hydrogen-bond donors (Lipinski definition) is 2. The van der Waals surface area contributed by atoms with Crippen molar-refractivity contribution in [3.05, 3.63) is 29.8 Å². The van der Waals surface area contributed by atoms with Crippen molar-refractivity contribution in [3.63, 3.8) is 0 Å². The van der Waals surface area contributed by atoms with E-state index in [1.54, 1.807) is 0 Å². The van der Waals surface area contributed by atoms with Crippen LogP contribution in [-0.2, 0) is 11.2 Å². The van der Waals surface area contributed by atoms with Crippen LogP contribution < -0.4 is 11.1 Å². The first-order valence-electron chi connectivity index (χ1n) is 8.51.